The number of fused-ring (bicyclic) bond motifs is 1. The molecule has 27 heavy (non-hydrogen) atoms. The molecule has 138 valence electrons. The van der Waals surface area contributed by atoms with Crippen LogP contribution in [0.15, 0.2) is 59.4 Å². The highest BCUT2D eigenvalue weighted by molar-refractivity contribution is 5.96. The Morgan fingerprint density at radius 1 is 1.00 bits per heavy atom. The van der Waals surface area contributed by atoms with Crippen LogP contribution in [-0.2, 0) is 11.3 Å². The van der Waals surface area contributed by atoms with Gasteiger partial charge in [0, 0.05) is 36.0 Å². The van der Waals surface area contributed by atoms with E-state index in [9.17, 15) is 18.8 Å². The van der Waals surface area contributed by atoms with Gasteiger partial charge in [-0.05, 0) is 48.2 Å². The molecule has 0 aliphatic heterocycles. The number of nitrogens with one attached hydrogen (secondary N) is 2. The van der Waals surface area contributed by atoms with E-state index in [-0.39, 0.29) is 36.6 Å². The molecule has 0 bridgehead atoms. The van der Waals surface area contributed by atoms with Gasteiger partial charge in [-0.1, -0.05) is 18.2 Å². The second kappa shape index (κ2) is 8.40. The summed E-state index contributed by atoms with van der Waals surface area (Å²) in [6, 6.07) is 14.5. The molecule has 3 aromatic rings. The lowest BCUT2D eigenvalue weighted by Gasteiger charge is -2.06. The van der Waals surface area contributed by atoms with E-state index in [1.54, 1.807) is 6.07 Å². The number of ketones is 1. The Morgan fingerprint density at radius 3 is 2.52 bits per heavy atom. The van der Waals surface area contributed by atoms with Gasteiger partial charge in [-0.3, -0.25) is 14.4 Å². The number of Topliss-reactive ketones (excluding diaryl/α,β-unsaturated/α-hetero) is 1. The molecule has 2 N–H and O–H groups in total. The number of carbonyl (C=O) groups is 2. The fourth-order valence-corrected chi connectivity index (χ4v) is 2.80. The standard InChI is InChI=1S/C21H19FN2O3/c22-17-10-8-14(9-11-17)19(25)6-3-7-20(26)23-13-16-12-15-4-1-2-5-18(15)24-21(16)27/h1-2,4-5,8-12H,3,6-7,13H2,(H,23,26)(H,24,27). The van der Waals surface area contributed by atoms with E-state index in [0.29, 0.717) is 17.5 Å². The molecular formula is C21H19FN2O3. The zero-order valence-corrected chi connectivity index (χ0v) is 14.6. The molecule has 3 rings (SSSR count). The second-order valence-corrected chi connectivity index (χ2v) is 6.27. The minimum atomic E-state index is -0.394. The monoisotopic (exact) mass is 366 g/mol. The maximum Gasteiger partial charge on any atom is 0.253 e. The molecule has 1 heterocycles. The van der Waals surface area contributed by atoms with Gasteiger partial charge < -0.3 is 10.3 Å². The summed E-state index contributed by atoms with van der Waals surface area (Å²) in [7, 11) is 0. The Hall–Kier alpha value is -3.28. The van der Waals surface area contributed by atoms with Crippen LogP contribution in [0.5, 0.6) is 0 Å². The maximum absolute atomic E-state index is 12.9. The minimum absolute atomic E-state index is 0.130. The zero-order valence-electron chi connectivity index (χ0n) is 14.6. The number of amides is 1. The Balaban J connectivity index is 1.48. The predicted octanol–water partition coefficient (Wildman–Crippen LogP) is 3.34. The van der Waals surface area contributed by atoms with Gasteiger partial charge in [-0.25, -0.2) is 4.39 Å². The number of pyridine rings is 1. The number of halogens is 1. The summed E-state index contributed by atoms with van der Waals surface area (Å²) in [5.74, 6) is -0.752. The van der Waals surface area contributed by atoms with Crippen LogP contribution in [0.2, 0.25) is 0 Å². The highest BCUT2D eigenvalue weighted by Crippen LogP contribution is 2.11. The quantitative estimate of drug-likeness (QED) is 0.630. The summed E-state index contributed by atoms with van der Waals surface area (Å²) < 4.78 is 12.9. The first-order chi connectivity index (χ1) is 13.0. The summed E-state index contributed by atoms with van der Waals surface area (Å²) in [4.78, 5) is 38.8. The number of aromatic amines is 1. The number of rotatable bonds is 7. The van der Waals surface area contributed by atoms with E-state index in [0.717, 1.165) is 10.9 Å². The third-order valence-corrected chi connectivity index (χ3v) is 4.28. The predicted molar refractivity (Wildman–Crippen MR) is 101 cm³/mol. The van der Waals surface area contributed by atoms with Crippen LogP contribution >= 0.6 is 0 Å². The summed E-state index contributed by atoms with van der Waals surface area (Å²) >= 11 is 0. The summed E-state index contributed by atoms with van der Waals surface area (Å²) in [5.41, 5.74) is 1.42. The number of benzene rings is 2. The van der Waals surface area contributed by atoms with E-state index in [4.69, 9.17) is 0 Å². The van der Waals surface area contributed by atoms with Crippen LogP contribution in [-0.4, -0.2) is 16.7 Å². The van der Waals surface area contributed by atoms with Crippen molar-refractivity contribution in [3.63, 3.8) is 0 Å². The molecular weight excluding hydrogens is 347 g/mol. The lowest BCUT2D eigenvalue weighted by molar-refractivity contribution is -0.121. The molecule has 6 heteroatoms. The van der Waals surface area contributed by atoms with Gasteiger partial charge >= 0.3 is 0 Å². The van der Waals surface area contributed by atoms with E-state index < -0.39 is 5.82 Å². The van der Waals surface area contributed by atoms with Crippen LogP contribution in [0.1, 0.15) is 35.2 Å². The Bertz CT molecular complexity index is 1030. The topological polar surface area (TPSA) is 79.0 Å². The van der Waals surface area contributed by atoms with Gasteiger partial charge in [0.1, 0.15) is 5.82 Å². The number of carbonyl (C=O) groups excluding carboxylic acids is 2. The van der Waals surface area contributed by atoms with Crippen molar-refractivity contribution >= 4 is 22.6 Å². The van der Waals surface area contributed by atoms with Crippen LogP contribution in [0.25, 0.3) is 10.9 Å². The Morgan fingerprint density at radius 2 is 1.74 bits per heavy atom. The molecule has 0 unspecified atom stereocenters. The normalized spacial score (nSPS) is 10.7. The van der Waals surface area contributed by atoms with Crippen molar-refractivity contribution in [2.75, 3.05) is 0 Å². The number of H-pyrrole nitrogens is 1. The summed E-state index contributed by atoms with van der Waals surface area (Å²) in [5, 5.41) is 3.60. The first kappa shape index (κ1) is 18.5. The molecule has 0 radical (unpaired) electrons. The fourth-order valence-electron chi connectivity index (χ4n) is 2.80. The van der Waals surface area contributed by atoms with Gasteiger partial charge in [0.15, 0.2) is 5.78 Å². The third kappa shape index (κ3) is 4.88. The van der Waals surface area contributed by atoms with Crippen LogP contribution in [0.4, 0.5) is 4.39 Å². The molecule has 0 spiro atoms. The number of para-hydroxylation sites is 1. The molecule has 2 aromatic carbocycles. The van der Waals surface area contributed by atoms with E-state index in [1.165, 1.54) is 24.3 Å². The van der Waals surface area contributed by atoms with Gasteiger partial charge in [0.05, 0.1) is 0 Å². The van der Waals surface area contributed by atoms with Crippen LogP contribution < -0.4 is 10.9 Å². The smallest absolute Gasteiger partial charge is 0.253 e. The van der Waals surface area contributed by atoms with Crippen molar-refractivity contribution in [1.82, 2.24) is 10.3 Å². The van der Waals surface area contributed by atoms with Gasteiger partial charge in [-0.2, -0.15) is 0 Å². The van der Waals surface area contributed by atoms with E-state index >= 15 is 0 Å². The first-order valence-electron chi connectivity index (χ1n) is 8.69. The Labute approximate surface area is 155 Å². The maximum atomic E-state index is 12.9. The van der Waals surface area contributed by atoms with E-state index in [2.05, 4.69) is 10.3 Å². The third-order valence-electron chi connectivity index (χ3n) is 4.28. The highest BCUT2D eigenvalue weighted by atomic mass is 19.1. The van der Waals surface area contributed by atoms with Crippen molar-refractivity contribution in [2.24, 2.45) is 0 Å². The minimum Gasteiger partial charge on any atom is -0.352 e. The lowest BCUT2D eigenvalue weighted by atomic mass is 10.1. The van der Waals surface area contributed by atoms with Crippen LogP contribution in [0, 0.1) is 5.82 Å². The Kier molecular flexibility index (Phi) is 5.76. The number of hydrogen-bond donors (Lipinski definition) is 2. The summed E-state index contributed by atoms with van der Waals surface area (Å²) in [6.07, 6.45) is 0.768. The molecule has 0 aliphatic rings. The SMILES string of the molecule is O=C(CCCC(=O)c1ccc(F)cc1)NCc1cc2ccccc2[nH]c1=O. The van der Waals surface area contributed by atoms with Gasteiger partial charge in [0.2, 0.25) is 5.91 Å². The largest absolute Gasteiger partial charge is 0.352 e. The van der Waals surface area contributed by atoms with Gasteiger partial charge in [-0.15, -0.1) is 0 Å². The van der Waals surface area contributed by atoms with Crippen molar-refractivity contribution in [2.45, 2.75) is 25.8 Å². The molecule has 0 atom stereocenters. The molecule has 1 aromatic heterocycles. The molecule has 1 amide bonds. The summed E-state index contributed by atoms with van der Waals surface area (Å²) in [6.45, 7) is 0.130. The van der Waals surface area contributed by atoms with Crippen molar-refractivity contribution in [1.29, 1.82) is 0 Å². The molecule has 0 saturated heterocycles. The average molecular weight is 366 g/mol. The fraction of sp³-hybridized carbons (Fsp3) is 0.190. The zero-order chi connectivity index (χ0) is 19.2. The number of aromatic nitrogens is 1. The highest BCUT2D eigenvalue weighted by Gasteiger charge is 2.09. The van der Waals surface area contributed by atoms with E-state index in [1.807, 2.05) is 24.3 Å². The van der Waals surface area contributed by atoms with Gasteiger partial charge in [0.25, 0.3) is 5.56 Å². The average Bonchev–Trinajstić information content (AvgIpc) is 2.66. The molecule has 0 saturated carbocycles. The molecule has 5 nitrogen and oxygen atoms in total. The molecule has 0 fully saturated rings. The first-order valence-corrected chi connectivity index (χ1v) is 8.69. The number of hydrogen-bond acceptors (Lipinski definition) is 3. The molecule has 0 aliphatic carbocycles. The van der Waals surface area contributed by atoms with Crippen molar-refractivity contribution < 1.29 is 14.0 Å². The van der Waals surface area contributed by atoms with Crippen LogP contribution in [0.3, 0.4) is 0 Å². The lowest BCUT2D eigenvalue weighted by Crippen LogP contribution is -2.26. The van der Waals surface area contributed by atoms with Crippen molar-refractivity contribution in [3.8, 4) is 0 Å². The van der Waals surface area contributed by atoms with Crippen molar-refractivity contribution in [3.05, 3.63) is 81.9 Å². The second-order valence-electron chi connectivity index (χ2n) is 6.27.